The molecule has 0 unspecified atom stereocenters. The van der Waals surface area contributed by atoms with Gasteiger partial charge in [-0.25, -0.2) is 0 Å². The average molecular weight is 252 g/mol. The lowest BCUT2D eigenvalue weighted by Gasteiger charge is -2.21. The molecule has 1 saturated heterocycles. The molecule has 1 amide bonds. The number of aromatic nitrogens is 3. The van der Waals surface area contributed by atoms with E-state index in [1.807, 2.05) is 6.20 Å². The van der Waals surface area contributed by atoms with Crippen molar-refractivity contribution < 1.29 is 9.53 Å². The number of carbonyl (C=O) groups is 1. The van der Waals surface area contributed by atoms with Gasteiger partial charge >= 0.3 is 0 Å². The third kappa shape index (κ3) is 4.44. The lowest BCUT2D eigenvalue weighted by atomic mass is 9.98. The van der Waals surface area contributed by atoms with Crippen molar-refractivity contribution >= 4 is 5.91 Å². The first kappa shape index (κ1) is 13.0. The van der Waals surface area contributed by atoms with Gasteiger partial charge in [0.2, 0.25) is 5.91 Å². The number of nitrogens with one attached hydrogen (secondary N) is 1. The van der Waals surface area contributed by atoms with Crippen molar-refractivity contribution in [3.05, 3.63) is 12.4 Å². The molecule has 6 heteroatoms. The summed E-state index contributed by atoms with van der Waals surface area (Å²) in [6, 6.07) is 0. The molecule has 0 bridgehead atoms. The Balaban J connectivity index is 1.54. The molecule has 1 aromatic rings. The van der Waals surface area contributed by atoms with Crippen molar-refractivity contribution in [2.75, 3.05) is 19.8 Å². The second-order valence-corrected chi connectivity index (χ2v) is 4.66. The fourth-order valence-electron chi connectivity index (χ4n) is 2.12. The van der Waals surface area contributed by atoms with Crippen molar-refractivity contribution in [1.82, 2.24) is 20.3 Å². The summed E-state index contributed by atoms with van der Waals surface area (Å²) in [6.07, 6.45) is 7.11. The fourth-order valence-corrected chi connectivity index (χ4v) is 2.12. The number of hydrogen-bond acceptors (Lipinski definition) is 4. The van der Waals surface area contributed by atoms with Gasteiger partial charge in [0.25, 0.3) is 0 Å². The van der Waals surface area contributed by atoms with Gasteiger partial charge in [0.15, 0.2) is 0 Å². The summed E-state index contributed by atoms with van der Waals surface area (Å²) < 4.78 is 7.12. The van der Waals surface area contributed by atoms with Gasteiger partial charge < -0.3 is 10.1 Å². The molecule has 0 saturated carbocycles. The highest BCUT2D eigenvalue weighted by Gasteiger charge is 2.17. The highest BCUT2D eigenvalue weighted by molar-refractivity contribution is 5.76. The van der Waals surface area contributed by atoms with Crippen LogP contribution in [0.1, 0.15) is 25.7 Å². The van der Waals surface area contributed by atoms with Crippen molar-refractivity contribution in [2.24, 2.45) is 5.92 Å². The maximum atomic E-state index is 11.7. The van der Waals surface area contributed by atoms with Gasteiger partial charge in [-0.1, -0.05) is 5.21 Å². The van der Waals surface area contributed by atoms with Gasteiger partial charge in [0.05, 0.1) is 6.20 Å². The van der Waals surface area contributed by atoms with Crippen LogP contribution in [0.2, 0.25) is 0 Å². The van der Waals surface area contributed by atoms with Crippen molar-refractivity contribution in [2.45, 2.75) is 32.2 Å². The van der Waals surface area contributed by atoms with E-state index in [4.69, 9.17) is 4.74 Å². The molecule has 0 aliphatic carbocycles. The van der Waals surface area contributed by atoms with Crippen molar-refractivity contribution in [1.29, 1.82) is 0 Å². The Kier molecular flexibility index (Phi) is 5.14. The zero-order valence-corrected chi connectivity index (χ0v) is 10.5. The molecular formula is C12H20N4O2. The highest BCUT2D eigenvalue weighted by atomic mass is 16.5. The van der Waals surface area contributed by atoms with Crippen LogP contribution < -0.4 is 5.32 Å². The molecule has 1 fully saturated rings. The van der Waals surface area contributed by atoms with E-state index in [-0.39, 0.29) is 5.91 Å². The third-order valence-corrected chi connectivity index (χ3v) is 3.09. The maximum absolute atomic E-state index is 11.7. The molecule has 18 heavy (non-hydrogen) atoms. The molecule has 2 rings (SSSR count). The number of hydrogen-bond donors (Lipinski definition) is 1. The molecule has 1 aliphatic heterocycles. The van der Waals surface area contributed by atoms with E-state index in [0.717, 1.165) is 39.0 Å². The molecule has 1 N–H and O–H groups in total. The van der Waals surface area contributed by atoms with Crippen molar-refractivity contribution in [3.63, 3.8) is 0 Å². The van der Waals surface area contributed by atoms with Crippen molar-refractivity contribution in [3.8, 4) is 0 Å². The van der Waals surface area contributed by atoms with E-state index >= 15 is 0 Å². The minimum absolute atomic E-state index is 0.129. The molecule has 2 heterocycles. The first-order chi connectivity index (χ1) is 8.84. The largest absolute Gasteiger partial charge is 0.381 e. The Morgan fingerprint density at radius 2 is 2.50 bits per heavy atom. The molecule has 1 aromatic heterocycles. The minimum Gasteiger partial charge on any atom is -0.381 e. The molecule has 1 atom stereocenters. The van der Waals surface area contributed by atoms with Crippen LogP contribution in [0, 0.1) is 5.92 Å². The second-order valence-electron chi connectivity index (χ2n) is 4.66. The fraction of sp³-hybridized carbons (Fsp3) is 0.750. The van der Waals surface area contributed by atoms with E-state index in [9.17, 15) is 4.79 Å². The SMILES string of the molecule is O=C(C[C@H]1CCCOC1)NCCCn1ccnn1. The van der Waals surface area contributed by atoms with Crippen LogP contribution in [-0.2, 0) is 16.1 Å². The third-order valence-electron chi connectivity index (χ3n) is 3.09. The summed E-state index contributed by atoms with van der Waals surface area (Å²) in [5, 5.41) is 10.5. The maximum Gasteiger partial charge on any atom is 0.220 e. The highest BCUT2D eigenvalue weighted by Crippen LogP contribution is 2.16. The number of aryl methyl sites for hydroxylation is 1. The predicted molar refractivity (Wildman–Crippen MR) is 65.8 cm³/mol. The molecule has 100 valence electrons. The quantitative estimate of drug-likeness (QED) is 0.753. The number of carbonyl (C=O) groups excluding carboxylic acids is 1. The summed E-state index contributed by atoms with van der Waals surface area (Å²) in [4.78, 5) is 11.7. The van der Waals surface area contributed by atoms with Gasteiger partial charge in [0.1, 0.15) is 0 Å². The topological polar surface area (TPSA) is 69.0 Å². The first-order valence-corrected chi connectivity index (χ1v) is 6.53. The van der Waals surface area contributed by atoms with E-state index < -0.39 is 0 Å². The number of ether oxygens (including phenoxy) is 1. The monoisotopic (exact) mass is 252 g/mol. The summed E-state index contributed by atoms with van der Waals surface area (Å²) in [6.45, 7) is 3.04. The van der Waals surface area contributed by atoms with E-state index in [2.05, 4.69) is 15.6 Å². The zero-order chi connectivity index (χ0) is 12.6. The Morgan fingerprint density at radius 3 is 3.22 bits per heavy atom. The van der Waals surface area contributed by atoms with Crippen LogP contribution >= 0.6 is 0 Å². The molecule has 0 radical (unpaired) electrons. The van der Waals surface area contributed by atoms with Gasteiger partial charge in [-0.3, -0.25) is 9.48 Å². The zero-order valence-electron chi connectivity index (χ0n) is 10.5. The lowest BCUT2D eigenvalue weighted by molar-refractivity contribution is -0.123. The van der Waals surface area contributed by atoms with Gasteiger partial charge in [-0.05, 0) is 25.2 Å². The number of nitrogens with zero attached hydrogens (tertiary/aromatic N) is 3. The van der Waals surface area contributed by atoms with Gasteiger partial charge in [-0.15, -0.1) is 5.10 Å². The van der Waals surface area contributed by atoms with E-state index in [1.165, 1.54) is 0 Å². The van der Waals surface area contributed by atoms with E-state index in [0.29, 0.717) is 18.9 Å². The smallest absolute Gasteiger partial charge is 0.220 e. The molecular weight excluding hydrogens is 232 g/mol. The number of amides is 1. The molecule has 1 aliphatic rings. The Labute approximate surface area is 107 Å². The van der Waals surface area contributed by atoms with Crippen LogP contribution in [0.5, 0.6) is 0 Å². The molecule has 6 nitrogen and oxygen atoms in total. The molecule has 0 aromatic carbocycles. The lowest BCUT2D eigenvalue weighted by Crippen LogP contribution is -2.29. The minimum atomic E-state index is 0.129. The summed E-state index contributed by atoms with van der Waals surface area (Å²) in [5.74, 6) is 0.526. The number of rotatable bonds is 6. The van der Waals surface area contributed by atoms with Crippen LogP contribution in [0.25, 0.3) is 0 Å². The summed E-state index contributed by atoms with van der Waals surface area (Å²) >= 11 is 0. The Hall–Kier alpha value is -1.43. The normalized spacial score (nSPS) is 19.7. The first-order valence-electron chi connectivity index (χ1n) is 6.53. The predicted octanol–water partition coefficient (Wildman–Crippen LogP) is 0.601. The standard InChI is InChI=1S/C12H20N4O2/c17-12(9-11-3-1-8-18-10-11)13-4-2-6-16-7-5-14-15-16/h5,7,11H,1-4,6,8-10H2,(H,13,17)/t11-/m1/s1. The molecule has 0 spiro atoms. The Morgan fingerprint density at radius 1 is 1.56 bits per heavy atom. The van der Waals surface area contributed by atoms with Crippen LogP contribution in [-0.4, -0.2) is 40.7 Å². The average Bonchev–Trinajstić information content (AvgIpc) is 2.89. The van der Waals surface area contributed by atoms with E-state index in [1.54, 1.807) is 10.9 Å². The summed E-state index contributed by atoms with van der Waals surface area (Å²) in [7, 11) is 0. The van der Waals surface area contributed by atoms with Crippen LogP contribution in [0.4, 0.5) is 0 Å². The second kappa shape index (κ2) is 7.10. The van der Waals surface area contributed by atoms with Gasteiger partial charge in [-0.2, -0.15) is 0 Å². The Bertz CT molecular complexity index is 347. The van der Waals surface area contributed by atoms with Gasteiger partial charge in [0, 0.05) is 38.9 Å². The summed E-state index contributed by atoms with van der Waals surface area (Å²) in [5.41, 5.74) is 0. The van der Waals surface area contributed by atoms with Crippen LogP contribution in [0.3, 0.4) is 0 Å². The van der Waals surface area contributed by atoms with Crippen LogP contribution in [0.15, 0.2) is 12.4 Å².